The molecule has 10 aromatic rings. The van der Waals surface area contributed by atoms with Gasteiger partial charge in [0.2, 0.25) is 0 Å². The summed E-state index contributed by atoms with van der Waals surface area (Å²) in [5.41, 5.74) is 17.6. The van der Waals surface area contributed by atoms with E-state index in [-0.39, 0.29) is 5.41 Å². The summed E-state index contributed by atoms with van der Waals surface area (Å²) in [6.45, 7) is 0. The zero-order chi connectivity index (χ0) is 33.3. The zero-order valence-electron chi connectivity index (χ0n) is 27.7. The van der Waals surface area contributed by atoms with Gasteiger partial charge >= 0.3 is 0 Å². The summed E-state index contributed by atoms with van der Waals surface area (Å²) in [6.07, 6.45) is 0. The van der Waals surface area contributed by atoms with Gasteiger partial charge < -0.3 is 9.13 Å². The van der Waals surface area contributed by atoms with Gasteiger partial charge in [0.25, 0.3) is 0 Å². The summed E-state index contributed by atoms with van der Waals surface area (Å²) in [5, 5.41) is 5.07. The molecule has 8 aromatic carbocycles. The van der Waals surface area contributed by atoms with Crippen LogP contribution < -0.4 is 0 Å². The molecule has 0 saturated heterocycles. The van der Waals surface area contributed by atoms with Crippen molar-refractivity contribution >= 4 is 43.6 Å². The molecule has 2 nitrogen and oxygen atoms in total. The van der Waals surface area contributed by atoms with Gasteiger partial charge in [-0.1, -0.05) is 140 Å². The summed E-state index contributed by atoms with van der Waals surface area (Å²) < 4.78 is 4.96. The van der Waals surface area contributed by atoms with Crippen LogP contribution in [0.3, 0.4) is 0 Å². The first-order chi connectivity index (χ1) is 25.3. The molecule has 0 amide bonds. The lowest BCUT2D eigenvalue weighted by Gasteiger charge is -2.30. The molecule has 12 rings (SSSR count). The number of benzene rings is 8. The third-order valence-corrected chi connectivity index (χ3v) is 11.7. The quantitative estimate of drug-likeness (QED) is 0.177. The first kappa shape index (κ1) is 27.2. The van der Waals surface area contributed by atoms with E-state index in [0.717, 1.165) is 0 Å². The fourth-order valence-corrected chi connectivity index (χ4v) is 9.85. The molecule has 0 saturated carbocycles. The average molecular weight is 647 g/mol. The van der Waals surface area contributed by atoms with E-state index >= 15 is 0 Å². The maximum Gasteiger partial charge on any atom is 0.0726 e. The van der Waals surface area contributed by atoms with Gasteiger partial charge in [-0.25, -0.2) is 0 Å². The first-order valence-corrected chi connectivity index (χ1v) is 17.8. The topological polar surface area (TPSA) is 9.86 Å². The molecule has 2 heteroatoms. The number of rotatable bonds is 2. The lowest BCUT2D eigenvalue weighted by atomic mass is 9.70. The molecule has 0 radical (unpaired) electrons. The number of para-hydroxylation sites is 3. The van der Waals surface area contributed by atoms with Crippen LogP contribution in [0.1, 0.15) is 22.3 Å². The molecule has 51 heavy (non-hydrogen) atoms. The molecule has 1 spiro atoms. The fraction of sp³-hybridized carbons (Fsp3) is 0.0204. The molecule has 2 aliphatic rings. The standard InChI is InChI=1S/C49H30N2/c1-2-14-31(15-3-1)51-44-24-12-7-19-37(44)38-28-29-46-47(48(38)51)39-20-8-13-25-45(39)50(46)32-26-27-36-35-18-6-11-23-42(35)49(43(36)30-32)40-21-9-4-16-33(40)34-17-5-10-22-41(34)49/h1-30H. The third kappa shape index (κ3) is 3.28. The molecule has 0 unspecified atom stereocenters. The van der Waals surface area contributed by atoms with Crippen molar-refractivity contribution in [3.05, 3.63) is 204 Å². The lowest BCUT2D eigenvalue weighted by Crippen LogP contribution is -2.26. The minimum Gasteiger partial charge on any atom is -0.309 e. The van der Waals surface area contributed by atoms with Crippen LogP contribution >= 0.6 is 0 Å². The highest BCUT2D eigenvalue weighted by Gasteiger charge is 2.51. The normalized spacial score (nSPS) is 13.6. The van der Waals surface area contributed by atoms with Crippen LogP contribution in [-0.2, 0) is 5.41 Å². The summed E-state index contributed by atoms with van der Waals surface area (Å²) in [7, 11) is 0. The van der Waals surface area contributed by atoms with Crippen molar-refractivity contribution in [1.82, 2.24) is 9.13 Å². The van der Waals surface area contributed by atoms with Crippen LogP contribution in [-0.4, -0.2) is 9.13 Å². The summed E-state index contributed by atoms with van der Waals surface area (Å²) in [6, 6.07) is 67.6. The molecular formula is C49H30N2. The Hall–Kier alpha value is -6.64. The second-order valence-corrected chi connectivity index (χ2v) is 14.0. The van der Waals surface area contributed by atoms with Crippen LogP contribution in [0, 0.1) is 0 Å². The molecule has 2 aliphatic carbocycles. The van der Waals surface area contributed by atoms with E-state index in [1.807, 2.05) is 0 Å². The van der Waals surface area contributed by atoms with Gasteiger partial charge in [0.1, 0.15) is 0 Å². The first-order valence-electron chi connectivity index (χ1n) is 17.8. The molecule has 0 fully saturated rings. The van der Waals surface area contributed by atoms with Crippen molar-refractivity contribution in [2.75, 3.05) is 0 Å². The highest BCUT2D eigenvalue weighted by molar-refractivity contribution is 6.26. The van der Waals surface area contributed by atoms with E-state index in [1.165, 1.54) is 99.5 Å². The van der Waals surface area contributed by atoms with Crippen molar-refractivity contribution in [2.24, 2.45) is 0 Å². The van der Waals surface area contributed by atoms with E-state index in [1.54, 1.807) is 0 Å². The van der Waals surface area contributed by atoms with Crippen molar-refractivity contribution < 1.29 is 0 Å². The number of fused-ring (bicyclic) bond motifs is 17. The molecular weight excluding hydrogens is 617 g/mol. The van der Waals surface area contributed by atoms with E-state index < -0.39 is 0 Å². The second-order valence-electron chi connectivity index (χ2n) is 14.0. The van der Waals surface area contributed by atoms with Gasteiger partial charge in [-0.2, -0.15) is 0 Å². The summed E-state index contributed by atoms with van der Waals surface area (Å²) in [5.74, 6) is 0. The Kier molecular flexibility index (Phi) is 5.20. The Labute approximate surface area is 295 Å². The van der Waals surface area contributed by atoms with Gasteiger partial charge in [-0.05, 0) is 87.0 Å². The molecule has 0 N–H and O–H groups in total. The fourth-order valence-electron chi connectivity index (χ4n) is 9.85. The van der Waals surface area contributed by atoms with E-state index in [2.05, 4.69) is 191 Å². The highest BCUT2D eigenvalue weighted by atomic mass is 15.0. The predicted molar refractivity (Wildman–Crippen MR) is 211 cm³/mol. The van der Waals surface area contributed by atoms with Gasteiger partial charge in [-0.15, -0.1) is 0 Å². The smallest absolute Gasteiger partial charge is 0.0726 e. The Morgan fingerprint density at radius 1 is 0.314 bits per heavy atom. The Morgan fingerprint density at radius 2 is 0.843 bits per heavy atom. The van der Waals surface area contributed by atoms with Crippen molar-refractivity contribution in [3.8, 4) is 33.6 Å². The summed E-state index contributed by atoms with van der Waals surface area (Å²) >= 11 is 0. The molecule has 2 heterocycles. The predicted octanol–water partition coefficient (Wildman–Crippen LogP) is 12.2. The molecule has 0 bridgehead atoms. The summed E-state index contributed by atoms with van der Waals surface area (Å²) in [4.78, 5) is 0. The number of hydrogen-bond donors (Lipinski definition) is 0. The van der Waals surface area contributed by atoms with E-state index in [9.17, 15) is 0 Å². The minimum absolute atomic E-state index is 0.388. The number of nitrogens with zero attached hydrogens (tertiary/aromatic N) is 2. The van der Waals surface area contributed by atoms with Gasteiger partial charge in [-0.3, -0.25) is 0 Å². The Bertz CT molecular complexity index is 3020. The minimum atomic E-state index is -0.388. The van der Waals surface area contributed by atoms with E-state index in [0.29, 0.717) is 0 Å². The second kappa shape index (κ2) is 9.74. The monoisotopic (exact) mass is 646 g/mol. The maximum atomic E-state index is 2.50. The van der Waals surface area contributed by atoms with E-state index in [4.69, 9.17) is 0 Å². The molecule has 0 atom stereocenters. The zero-order valence-corrected chi connectivity index (χ0v) is 27.7. The molecule has 236 valence electrons. The van der Waals surface area contributed by atoms with Gasteiger partial charge in [0.15, 0.2) is 0 Å². The maximum absolute atomic E-state index is 2.50. The van der Waals surface area contributed by atoms with Crippen LogP contribution in [0.5, 0.6) is 0 Å². The third-order valence-electron chi connectivity index (χ3n) is 11.7. The highest BCUT2D eigenvalue weighted by Crippen LogP contribution is 2.63. The Morgan fingerprint density at radius 3 is 1.51 bits per heavy atom. The molecule has 0 aliphatic heterocycles. The van der Waals surface area contributed by atoms with Crippen LogP contribution in [0.2, 0.25) is 0 Å². The van der Waals surface area contributed by atoms with Crippen LogP contribution in [0.25, 0.3) is 77.2 Å². The van der Waals surface area contributed by atoms with Crippen LogP contribution in [0.4, 0.5) is 0 Å². The van der Waals surface area contributed by atoms with Crippen LogP contribution in [0.15, 0.2) is 182 Å². The van der Waals surface area contributed by atoms with Gasteiger partial charge in [0.05, 0.1) is 27.5 Å². The Balaban J connectivity index is 1.21. The number of aromatic nitrogens is 2. The molecule has 2 aromatic heterocycles. The van der Waals surface area contributed by atoms with Gasteiger partial charge in [0, 0.05) is 32.9 Å². The van der Waals surface area contributed by atoms with Crippen molar-refractivity contribution in [1.29, 1.82) is 0 Å². The SMILES string of the molecule is c1ccc(-n2c3ccccc3c3ccc4c(c5ccccc5n4-c4ccc5c(c4)C4(c6ccccc6-c6ccccc64)c4ccccc4-5)c32)cc1. The number of hydrogen-bond acceptors (Lipinski definition) is 0. The van der Waals surface area contributed by atoms with Crippen molar-refractivity contribution in [2.45, 2.75) is 5.41 Å². The lowest BCUT2D eigenvalue weighted by molar-refractivity contribution is 0.792. The average Bonchev–Trinajstić information content (AvgIpc) is 3.90. The van der Waals surface area contributed by atoms with Crippen molar-refractivity contribution in [3.63, 3.8) is 0 Å². The largest absolute Gasteiger partial charge is 0.309 e.